The molecule has 0 atom stereocenters. The van der Waals surface area contributed by atoms with Crippen LogP contribution in [-0.2, 0) is 6.54 Å². The first kappa shape index (κ1) is 18.4. The van der Waals surface area contributed by atoms with Crippen LogP contribution in [0.5, 0.6) is 0 Å². The van der Waals surface area contributed by atoms with Crippen molar-refractivity contribution in [1.29, 1.82) is 0 Å². The molecular weight excluding hydrogens is 328 g/mol. The highest BCUT2D eigenvalue weighted by molar-refractivity contribution is 9.10. The third-order valence-electron chi connectivity index (χ3n) is 3.37. The second-order valence-electron chi connectivity index (χ2n) is 5.55. The molecule has 0 saturated carbocycles. The van der Waals surface area contributed by atoms with Gasteiger partial charge < -0.3 is 15.1 Å². The molecule has 0 bridgehead atoms. The summed E-state index contributed by atoms with van der Waals surface area (Å²) in [6, 6.07) is 2.18. The molecule has 0 radical (unpaired) electrons. The van der Waals surface area contributed by atoms with Gasteiger partial charge in [-0.15, -0.1) is 0 Å². The maximum absolute atomic E-state index is 4.65. The SMILES string of the molecule is CCCNCc1cc(Br)cnc1N(CC)CCCN(C)C. The van der Waals surface area contributed by atoms with Gasteiger partial charge in [-0.2, -0.15) is 0 Å². The van der Waals surface area contributed by atoms with Crippen molar-refractivity contribution in [1.82, 2.24) is 15.2 Å². The molecule has 0 spiro atoms. The monoisotopic (exact) mass is 356 g/mol. The fourth-order valence-electron chi connectivity index (χ4n) is 2.28. The highest BCUT2D eigenvalue weighted by Gasteiger charge is 2.12. The first-order valence-electron chi connectivity index (χ1n) is 7.83. The van der Waals surface area contributed by atoms with E-state index in [1.165, 1.54) is 5.56 Å². The Kier molecular flexibility index (Phi) is 8.88. The lowest BCUT2D eigenvalue weighted by atomic mass is 10.2. The summed E-state index contributed by atoms with van der Waals surface area (Å²) >= 11 is 3.53. The molecule has 1 N–H and O–H groups in total. The fourth-order valence-corrected chi connectivity index (χ4v) is 2.66. The molecule has 0 amide bonds. The Bertz CT molecular complexity index is 409. The maximum Gasteiger partial charge on any atom is 0.133 e. The molecule has 0 saturated heterocycles. The summed E-state index contributed by atoms with van der Waals surface area (Å²) in [5, 5.41) is 3.48. The summed E-state index contributed by atoms with van der Waals surface area (Å²) in [6.45, 7) is 9.44. The molecule has 21 heavy (non-hydrogen) atoms. The van der Waals surface area contributed by atoms with Crippen molar-refractivity contribution in [2.45, 2.75) is 33.2 Å². The highest BCUT2D eigenvalue weighted by atomic mass is 79.9. The first-order valence-corrected chi connectivity index (χ1v) is 8.62. The van der Waals surface area contributed by atoms with E-state index in [9.17, 15) is 0 Å². The molecule has 0 aliphatic carbocycles. The highest BCUT2D eigenvalue weighted by Crippen LogP contribution is 2.22. The van der Waals surface area contributed by atoms with E-state index in [4.69, 9.17) is 0 Å². The van der Waals surface area contributed by atoms with Gasteiger partial charge in [0.05, 0.1) is 0 Å². The lowest BCUT2D eigenvalue weighted by Crippen LogP contribution is -2.29. The minimum atomic E-state index is 0.875. The van der Waals surface area contributed by atoms with Gasteiger partial charge in [0.1, 0.15) is 5.82 Å². The van der Waals surface area contributed by atoms with Gasteiger partial charge in [0.2, 0.25) is 0 Å². The van der Waals surface area contributed by atoms with Gasteiger partial charge in [-0.05, 0) is 68.9 Å². The number of pyridine rings is 1. The summed E-state index contributed by atoms with van der Waals surface area (Å²) in [5.41, 5.74) is 1.27. The lowest BCUT2D eigenvalue weighted by Gasteiger charge is -2.25. The van der Waals surface area contributed by atoms with E-state index in [-0.39, 0.29) is 0 Å². The molecule has 1 aromatic rings. The number of rotatable bonds is 10. The topological polar surface area (TPSA) is 31.4 Å². The minimum Gasteiger partial charge on any atom is -0.357 e. The minimum absolute atomic E-state index is 0.875. The number of aromatic nitrogens is 1. The summed E-state index contributed by atoms with van der Waals surface area (Å²) in [6.07, 6.45) is 4.20. The van der Waals surface area contributed by atoms with Gasteiger partial charge in [0.25, 0.3) is 0 Å². The van der Waals surface area contributed by atoms with Gasteiger partial charge in [0.15, 0.2) is 0 Å². The number of hydrogen-bond donors (Lipinski definition) is 1. The van der Waals surface area contributed by atoms with Crippen LogP contribution >= 0.6 is 15.9 Å². The zero-order valence-electron chi connectivity index (χ0n) is 13.8. The Morgan fingerprint density at radius 3 is 2.62 bits per heavy atom. The van der Waals surface area contributed by atoms with E-state index < -0.39 is 0 Å². The molecule has 0 unspecified atom stereocenters. The van der Waals surface area contributed by atoms with Crippen molar-refractivity contribution in [3.63, 3.8) is 0 Å². The molecule has 0 fully saturated rings. The van der Waals surface area contributed by atoms with Crippen LogP contribution in [0.1, 0.15) is 32.3 Å². The second kappa shape index (κ2) is 10.1. The number of nitrogens with one attached hydrogen (secondary N) is 1. The zero-order valence-corrected chi connectivity index (χ0v) is 15.4. The van der Waals surface area contributed by atoms with Crippen LogP contribution in [-0.4, -0.2) is 50.2 Å². The number of nitrogens with zero attached hydrogens (tertiary/aromatic N) is 3. The lowest BCUT2D eigenvalue weighted by molar-refractivity contribution is 0.400. The molecule has 1 rings (SSSR count). The van der Waals surface area contributed by atoms with Crippen LogP contribution in [0.25, 0.3) is 0 Å². The van der Waals surface area contributed by atoms with Crippen LogP contribution in [0, 0.1) is 0 Å². The average molecular weight is 357 g/mol. The Balaban J connectivity index is 2.76. The number of anilines is 1. The molecule has 0 aromatic carbocycles. The standard InChI is InChI=1S/C16H29BrN4/c1-5-8-18-12-14-11-15(17)13-19-16(14)21(6-2)10-7-9-20(3)4/h11,13,18H,5-10,12H2,1-4H3. The van der Waals surface area contributed by atoms with Crippen molar-refractivity contribution in [3.05, 3.63) is 22.3 Å². The van der Waals surface area contributed by atoms with Crippen LogP contribution in [0.3, 0.4) is 0 Å². The third kappa shape index (κ3) is 6.76. The van der Waals surface area contributed by atoms with Crippen LogP contribution in [0.15, 0.2) is 16.7 Å². The van der Waals surface area contributed by atoms with Gasteiger partial charge in [0, 0.05) is 35.9 Å². The van der Waals surface area contributed by atoms with Gasteiger partial charge in [-0.25, -0.2) is 4.98 Å². The average Bonchev–Trinajstić information content (AvgIpc) is 2.44. The van der Waals surface area contributed by atoms with Crippen molar-refractivity contribution in [2.24, 2.45) is 0 Å². The van der Waals surface area contributed by atoms with Gasteiger partial charge >= 0.3 is 0 Å². The molecule has 1 aromatic heterocycles. The van der Waals surface area contributed by atoms with Crippen LogP contribution < -0.4 is 10.2 Å². The zero-order chi connectivity index (χ0) is 15.7. The normalized spacial score (nSPS) is 11.1. The van der Waals surface area contributed by atoms with Crippen molar-refractivity contribution < 1.29 is 0 Å². The molecule has 0 aliphatic heterocycles. The van der Waals surface area contributed by atoms with E-state index in [1.54, 1.807) is 0 Å². The maximum atomic E-state index is 4.65. The van der Waals surface area contributed by atoms with E-state index in [0.717, 1.165) is 55.9 Å². The summed E-state index contributed by atoms with van der Waals surface area (Å²) in [4.78, 5) is 9.25. The molecule has 0 aliphatic rings. The Morgan fingerprint density at radius 2 is 2.00 bits per heavy atom. The first-order chi connectivity index (χ1) is 10.1. The largest absolute Gasteiger partial charge is 0.357 e. The smallest absolute Gasteiger partial charge is 0.133 e. The van der Waals surface area contributed by atoms with E-state index in [1.807, 2.05) is 6.20 Å². The summed E-state index contributed by atoms with van der Waals surface area (Å²) in [5.74, 6) is 1.11. The molecule has 1 heterocycles. The van der Waals surface area contributed by atoms with E-state index >= 15 is 0 Å². The van der Waals surface area contributed by atoms with Crippen LogP contribution in [0.4, 0.5) is 5.82 Å². The summed E-state index contributed by atoms with van der Waals surface area (Å²) < 4.78 is 1.05. The fraction of sp³-hybridized carbons (Fsp3) is 0.688. The van der Waals surface area contributed by atoms with Crippen LogP contribution in [0.2, 0.25) is 0 Å². The Morgan fingerprint density at radius 1 is 1.24 bits per heavy atom. The van der Waals surface area contributed by atoms with Crippen molar-refractivity contribution >= 4 is 21.7 Å². The molecule has 4 nitrogen and oxygen atoms in total. The van der Waals surface area contributed by atoms with Gasteiger partial charge in [-0.1, -0.05) is 6.92 Å². The molecule has 5 heteroatoms. The quantitative estimate of drug-likeness (QED) is 0.652. The Labute approximate surface area is 138 Å². The summed E-state index contributed by atoms with van der Waals surface area (Å²) in [7, 11) is 4.24. The van der Waals surface area contributed by atoms with Crippen molar-refractivity contribution in [3.8, 4) is 0 Å². The van der Waals surface area contributed by atoms with E-state index in [0.29, 0.717) is 0 Å². The molecular formula is C16H29BrN4. The number of hydrogen-bond acceptors (Lipinski definition) is 4. The number of halogens is 1. The third-order valence-corrected chi connectivity index (χ3v) is 3.80. The van der Waals surface area contributed by atoms with Crippen molar-refractivity contribution in [2.75, 3.05) is 45.2 Å². The molecule has 120 valence electrons. The second-order valence-corrected chi connectivity index (χ2v) is 6.47. The predicted octanol–water partition coefficient (Wildman–Crippen LogP) is 3.12. The van der Waals surface area contributed by atoms with Gasteiger partial charge in [-0.3, -0.25) is 0 Å². The van der Waals surface area contributed by atoms with E-state index in [2.05, 4.69) is 70.0 Å². The predicted molar refractivity (Wildman–Crippen MR) is 95.0 cm³/mol. The Hall–Kier alpha value is -0.650.